The second-order valence-electron chi connectivity index (χ2n) is 3.21. The van der Waals surface area contributed by atoms with Crippen molar-refractivity contribution in [2.45, 2.75) is 20.3 Å². The summed E-state index contributed by atoms with van der Waals surface area (Å²) in [6, 6.07) is 4.36. The summed E-state index contributed by atoms with van der Waals surface area (Å²) in [5.41, 5.74) is 3.58. The van der Waals surface area contributed by atoms with Gasteiger partial charge in [-0.15, -0.1) is 0 Å². The van der Waals surface area contributed by atoms with Crippen molar-refractivity contribution in [2.24, 2.45) is 0 Å². The van der Waals surface area contributed by atoms with E-state index >= 15 is 0 Å². The van der Waals surface area contributed by atoms with Crippen molar-refractivity contribution in [3.63, 3.8) is 0 Å². The van der Waals surface area contributed by atoms with Crippen molar-refractivity contribution in [3.05, 3.63) is 33.1 Å². The SMILES string of the molecule is CCc1cc(I)cc2c(C)coc12. The molecule has 1 heterocycles. The third-order valence-electron chi connectivity index (χ3n) is 2.29. The predicted molar refractivity (Wildman–Crippen MR) is 63.0 cm³/mol. The summed E-state index contributed by atoms with van der Waals surface area (Å²) in [6.45, 7) is 4.24. The Morgan fingerprint density at radius 2 is 2.15 bits per heavy atom. The lowest BCUT2D eigenvalue weighted by Crippen LogP contribution is -1.83. The van der Waals surface area contributed by atoms with Gasteiger partial charge in [-0.05, 0) is 59.2 Å². The summed E-state index contributed by atoms with van der Waals surface area (Å²) < 4.78 is 6.81. The molecule has 0 N–H and O–H groups in total. The molecule has 0 unspecified atom stereocenters. The molecule has 0 saturated carbocycles. The van der Waals surface area contributed by atoms with Gasteiger partial charge in [-0.3, -0.25) is 0 Å². The first kappa shape index (κ1) is 9.06. The quantitative estimate of drug-likeness (QED) is 0.724. The molecule has 0 aliphatic rings. The van der Waals surface area contributed by atoms with Crippen LogP contribution in [0.5, 0.6) is 0 Å². The minimum absolute atomic E-state index is 1.03. The van der Waals surface area contributed by atoms with Crippen LogP contribution in [-0.4, -0.2) is 0 Å². The summed E-state index contributed by atoms with van der Waals surface area (Å²) in [6.07, 6.45) is 2.86. The van der Waals surface area contributed by atoms with Gasteiger partial charge in [0.25, 0.3) is 0 Å². The summed E-state index contributed by atoms with van der Waals surface area (Å²) in [5, 5.41) is 1.25. The first-order valence-corrected chi connectivity index (χ1v) is 5.46. The number of benzene rings is 1. The van der Waals surface area contributed by atoms with Crippen LogP contribution in [0.15, 0.2) is 22.8 Å². The van der Waals surface area contributed by atoms with Crippen LogP contribution in [0.4, 0.5) is 0 Å². The van der Waals surface area contributed by atoms with Gasteiger partial charge in [-0.25, -0.2) is 0 Å². The van der Waals surface area contributed by atoms with Crippen molar-refractivity contribution in [1.82, 2.24) is 0 Å². The Balaban J connectivity index is 2.84. The lowest BCUT2D eigenvalue weighted by molar-refractivity contribution is 0.608. The van der Waals surface area contributed by atoms with Crippen LogP contribution in [-0.2, 0) is 6.42 Å². The average Bonchev–Trinajstić information content (AvgIpc) is 2.47. The zero-order valence-corrected chi connectivity index (χ0v) is 9.88. The van der Waals surface area contributed by atoms with Crippen molar-refractivity contribution >= 4 is 33.6 Å². The minimum Gasteiger partial charge on any atom is -0.464 e. The number of fused-ring (bicyclic) bond motifs is 1. The Morgan fingerprint density at radius 3 is 2.85 bits per heavy atom. The minimum atomic E-state index is 1.03. The fraction of sp³-hybridized carbons (Fsp3) is 0.273. The molecule has 68 valence electrons. The first-order valence-electron chi connectivity index (χ1n) is 4.38. The smallest absolute Gasteiger partial charge is 0.137 e. The molecule has 13 heavy (non-hydrogen) atoms. The third-order valence-corrected chi connectivity index (χ3v) is 2.91. The Labute approximate surface area is 91.3 Å². The number of furan rings is 1. The van der Waals surface area contributed by atoms with Gasteiger partial charge in [-0.2, -0.15) is 0 Å². The Kier molecular flexibility index (Phi) is 2.32. The molecule has 0 spiro atoms. The Bertz CT molecular complexity index is 443. The van der Waals surface area contributed by atoms with E-state index in [1.54, 1.807) is 0 Å². The van der Waals surface area contributed by atoms with E-state index < -0.39 is 0 Å². The Morgan fingerprint density at radius 1 is 1.38 bits per heavy atom. The summed E-state index contributed by atoms with van der Waals surface area (Å²) >= 11 is 2.35. The van der Waals surface area contributed by atoms with Crippen LogP contribution in [0.25, 0.3) is 11.0 Å². The molecule has 2 rings (SSSR count). The highest BCUT2D eigenvalue weighted by Crippen LogP contribution is 2.26. The van der Waals surface area contributed by atoms with Crippen LogP contribution in [0.1, 0.15) is 18.1 Å². The topological polar surface area (TPSA) is 13.1 Å². The van der Waals surface area contributed by atoms with Gasteiger partial charge in [0.15, 0.2) is 0 Å². The van der Waals surface area contributed by atoms with E-state index in [2.05, 4.69) is 48.6 Å². The zero-order valence-electron chi connectivity index (χ0n) is 7.73. The molecule has 0 bridgehead atoms. The molecule has 1 nitrogen and oxygen atoms in total. The molecule has 2 heteroatoms. The largest absolute Gasteiger partial charge is 0.464 e. The number of hydrogen-bond donors (Lipinski definition) is 0. The van der Waals surface area contributed by atoms with Gasteiger partial charge < -0.3 is 4.42 Å². The predicted octanol–water partition coefficient (Wildman–Crippen LogP) is 3.91. The highest BCUT2D eigenvalue weighted by molar-refractivity contribution is 14.1. The highest BCUT2D eigenvalue weighted by atomic mass is 127. The van der Waals surface area contributed by atoms with Gasteiger partial charge in [0, 0.05) is 8.96 Å². The van der Waals surface area contributed by atoms with E-state index in [9.17, 15) is 0 Å². The second-order valence-corrected chi connectivity index (χ2v) is 4.46. The third kappa shape index (κ3) is 1.47. The maximum Gasteiger partial charge on any atom is 0.137 e. The second kappa shape index (κ2) is 3.33. The monoisotopic (exact) mass is 286 g/mol. The molecule has 0 radical (unpaired) electrons. The van der Waals surface area contributed by atoms with Crippen molar-refractivity contribution < 1.29 is 4.42 Å². The lowest BCUT2D eigenvalue weighted by Gasteiger charge is -1.99. The molecular formula is C11H11IO. The first-order chi connectivity index (χ1) is 6.22. The van der Waals surface area contributed by atoms with Crippen molar-refractivity contribution in [2.75, 3.05) is 0 Å². The maximum absolute atomic E-state index is 5.52. The number of halogens is 1. The standard InChI is InChI=1S/C11H11IO/c1-3-8-4-9(12)5-10-7(2)6-13-11(8)10/h4-6H,3H2,1-2H3. The van der Waals surface area contributed by atoms with E-state index in [1.807, 2.05) is 6.26 Å². The van der Waals surface area contributed by atoms with Crippen LogP contribution in [0.2, 0.25) is 0 Å². The maximum atomic E-state index is 5.52. The molecule has 0 aliphatic heterocycles. The molecule has 0 amide bonds. The molecule has 0 atom stereocenters. The van der Waals surface area contributed by atoms with Gasteiger partial charge in [0.1, 0.15) is 5.58 Å². The van der Waals surface area contributed by atoms with Crippen LogP contribution in [0, 0.1) is 10.5 Å². The van der Waals surface area contributed by atoms with Crippen LogP contribution < -0.4 is 0 Å². The number of hydrogen-bond acceptors (Lipinski definition) is 1. The van der Waals surface area contributed by atoms with E-state index in [0.29, 0.717) is 0 Å². The molecule has 1 aromatic heterocycles. The van der Waals surface area contributed by atoms with E-state index in [0.717, 1.165) is 12.0 Å². The number of aryl methyl sites for hydroxylation is 2. The number of rotatable bonds is 1. The van der Waals surface area contributed by atoms with Crippen LogP contribution in [0.3, 0.4) is 0 Å². The van der Waals surface area contributed by atoms with Crippen molar-refractivity contribution in [3.8, 4) is 0 Å². The molecule has 0 saturated heterocycles. The summed E-state index contributed by atoms with van der Waals surface area (Å²) in [5.74, 6) is 0. The van der Waals surface area contributed by atoms with Gasteiger partial charge in [0.2, 0.25) is 0 Å². The fourth-order valence-electron chi connectivity index (χ4n) is 1.56. The van der Waals surface area contributed by atoms with Gasteiger partial charge in [-0.1, -0.05) is 6.92 Å². The average molecular weight is 286 g/mol. The Hall–Kier alpha value is -0.510. The lowest BCUT2D eigenvalue weighted by atomic mass is 10.1. The molecule has 2 aromatic rings. The van der Waals surface area contributed by atoms with Gasteiger partial charge >= 0.3 is 0 Å². The molecule has 1 aromatic carbocycles. The van der Waals surface area contributed by atoms with E-state index in [1.165, 1.54) is 20.1 Å². The molecular weight excluding hydrogens is 275 g/mol. The van der Waals surface area contributed by atoms with Gasteiger partial charge in [0.05, 0.1) is 6.26 Å². The molecule has 0 fully saturated rings. The summed E-state index contributed by atoms with van der Waals surface area (Å²) in [7, 11) is 0. The van der Waals surface area contributed by atoms with Crippen LogP contribution >= 0.6 is 22.6 Å². The molecule has 0 aliphatic carbocycles. The van der Waals surface area contributed by atoms with E-state index in [-0.39, 0.29) is 0 Å². The fourth-order valence-corrected chi connectivity index (χ4v) is 2.24. The van der Waals surface area contributed by atoms with E-state index in [4.69, 9.17) is 4.42 Å². The zero-order chi connectivity index (χ0) is 9.42. The van der Waals surface area contributed by atoms with Crippen molar-refractivity contribution in [1.29, 1.82) is 0 Å². The highest BCUT2D eigenvalue weighted by Gasteiger charge is 2.07. The summed E-state index contributed by atoms with van der Waals surface area (Å²) in [4.78, 5) is 0. The normalized spacial score (nSPS) is 11.0.